The lowest BCUT2D eigenvalue weighted by molar-refractivity contribution is -0.256. The van der Waals surface area contributed by atoms with Crippen LogP contribution in [0.1, 0.15) is 32.1 Å². The summed E-state index contributed by atoms with van der Waals surface area (Å²) in [4.78, 5) is 12.2. The molecular formula is C14H17F3O3. The SMILES string of the molecule is O=C(OC1CCCCO1)C1(C(F)(F)F)CC2C=CC1C2. The Morgan fingerprint density at radius 2 is 2.10 bits per heavy atom. The Balaban J connectivity index is 1.80. The first-order valence-corrected chi connectivity index (χ1v) is 7.01. The Kier molecular flexibility index (Phi) is 3.31. The van der Waals surface area contributed by atoms with Crippen LogP contribution in [0, 0.1) is 17.3 Å². The minimum atomic E-state index is -4.58. The van der Waals surface area contributed by atoms with E-state index in [1.54, 1.807) is 6.08 Å². The fourth-order valence-corrected chi connectivity index (χ4v) is 3.56. The summed E-state index contributed by atoms with van der Waals surface area (Å²) in [6.45, 7) is 0.433. The zero-order valence-electron chi connectivity index (χ0n) is 11.0. The molecule has 1 saturated heterocycles. The standard InChI is InChI=1S/C14H17F3O3/c15-14(16,17)13(8-9-4-5-10(13)7-9)12(18)20-11-3-1-2-6-19-11/h4-5,9-11H,1-3,6-8H2. The molecule has 4 atom stereocenters. The highest BCUT2D eigenvalue weighted by Crippen LogP contribution is 2.60. The van der Waals surface area contributed by atoms with Gasteiger partial charge < -0.3 is 9.47 Å². The zero-order chi connectivity index (χ0) is 14.4. The summed E-state index contributed by atoms with van der Waals surface area (Å²) in [7, 11) is 0. The molecule has 2 bridgehead atoms. The van der Waals surface area contributed by atoms with Gasteiger partial charge in [-0.1, -0.05) is 12.2 Å². The molecule has 2 aliphatic carbocycles. The largest absolute Gasteiger partial charge is 0.435 e. The van der Waals surface area contributed by atoms with Crippen molar-refractivity contribution in [2.24, 2.45) is 17.3 Å². The molecule has 4 unspecified atom stereocenters. The molecule has 0 aromatic carbocycles. The van der Waals surface area contributed by atoms with Crippen LogP contribution in [-0.4, -0.2) is 25.0 Å². The van der Waals surface area contributed by atoms with Crippen LogP contribution < -0.4 is 0 Å². The first-order valence-electron chi connectivity index (χ1n) is 7.01. The average Bonchev–Trinajstić information content (AvgIpc) is 2.99. The van der Waals surface area contributed by atoms with Crippen LogP contribution in [-0.2, 0) is 14.3 Å². The van der Waals surface area contributed by atoms with Gasteiger partial charge in [0.05, 0.1) is 6.61 Å². The second kappa shape index (κ2) is 4.76. The fourth-order valence-electron chi connectivity index (χ4n) is 3.56. The smallest absolute Gasteiger partial charge is 0.405 e. The van der Waals surface area contributed by atoms with E-state index in [9.17, 15) is 18.0 Å². The predicted octanol–water partition coefficient (Wildman–Crippen LogP) is 3.20. The highest BCUT2D eigenvalue weighted by Gasteiger charge is 2.69. The van der Waals surface area contributed by atoms with E-state index >= 15 is 0 Å². The molecule has 0 aromatic heterocycles. The molecule has 3 aliphatic rings. The maximum atomic E-state index is 13.5. The van der Waals surface area contributed by atoms with Gasteiger partial charge in [-0.15, -0.1) is 0 Å². The van der Waals surface area contributed by atoms with Crippen LogP contribution >= 0.6 is 0 Å². The molecule has 3 rings (SSSR count). The molecule has 0 radical (unpaired) electrons. The van der Waals surface area contributed by atoms with Crippen molar-refractivity contribution in [3.63, 3.8) is 0 Å². The van der Waals surface area contributed by atoms with Gasteiger partial charge in [-0.2, -0.15) is 13.2 Å². The van der Waals surface area contributed by atoms with Crippen LogP contribution in [0.5, 0.6) is 0 Å². The summed E-state index contributed by atoms with van der Waals surface area (Å²) < 4.78 is 50.8. The number of allylic oxidation sites excluding steroid dienone is 2. The third kappa shape index (κ3) is 2.05. The Bertz CT molecular complexity index is 426. The Morgan fingerprint density at radius 3 is 2.60 bits per heavy atom. The van der Waals surface area contributed by atoms with Gasteiger partial charge in [-0.25, -0.2) is 0 Å². The molecule has 20 heavy (non-hydrogen) atoms. The highest BCUT2D eigenvalue weighted by atomic mass is 19.4. The topological polar surface area (TPSA) is 35.5 Å². The van der Waals surface area contributed by atoms with Crippen LogP contribution in [0.4, 0.5) is 13.2 Å². The number of hydrogen-bond acceptors (Lipinski definition) is 3. The van der Waals surface area contributed by atoms with Gasteiger partial charge in [0.1, 0.15) is 0 Å². The maximum Gasteiger partial charge on any atom is 0.405 e. The lowest BCUT2D eigenvalue weighted by Crippen LogP contribution is -2.50. The summed E-state index contributed by atoms with van der Waals surface area (Å²) in [5, 5.41) is 0. The van der Waals surface area contributed by atoms with Gasteiger partial charge in [0.25, 0.3) is 0 Å². The van der Waals surface area contributed by atoms with Gasteiger partial charge in [0, 0.05) is 12.3 Å². The van der Waals surface area contributed by atoms with Crippen molar-refractivity contribution in [1.29, 1.82) is 0 Å². The molecule has 1 aliphatic heterocycles. The Labute approximate surface area is 115 Å². The zero-order valence-corrected chi connectivity index (χ0v) is 11.0. The predicted molar refractivity (Wildman–Crippen MR) is 63.5 cm³/mol. The second-order valence-corrected chi connectivity index (χ2v) is 5.86. The van der Waals surface area contributed by atoms with Crippen molar-refractivity contribution in [3.05, 3.63) is 12.2 Å². The molecule has 0 N–H and O–H groups in total. The molecule has 2 fully saturated rings. The van der Waals surface area contributed by atoms with Gasteiger partial charge in [0.2, 0.25) is 6.29 Å². The van der Waals surface area contributed by atoms with E-state index in [-0.39, 0.29) is 12.3 Å². The summed E-state index contributed by atoms with van der Waals surface area (Å²) in [6.07, 6.45) is 0.229. The summed E-state index contributed by atoms with van der Waals surface area (Å²) in [6, 6.07) is 0. The minimum Gasteiger partial charge on any atom is -0.435 e. The van der Waals surface area contributed by atoms with Crippen LogP contribution in [0.25, 0.3) is 0 Å². The van der Waals surface area contributed by atoms with E-state index in [0.717, 1.165) is 12.8 Å². The molecule has 112 valence electrons. The molecule has 0 spiro atoms. The second-order valence-electron chi connectivity index (χ2n) is 5.86. The van der Waals surface area contributed by atoms with Crippen LogP contribution in [0.15, 0.2) is 12.2 Å². The van der Waals surface area contributed by atoms with Crippen molar-refractivity contribution >= 4 is 5.97 Å². The number of ether oxygens (including phenoxy) is 2. The molecule has 6 heteroatoms. The van der Waals surface area contributed by atoms with Crippen molar-refractivity contribution < 1.29 is 27.4 Å². The van der Waals surface area contributed by atoms with E-state index in [1.807, 2.05) is 0 Å². The van der Waals surface area contributed by atoms with E-state index < -0.39 is 29.8 Å². The van der Waals surface area contributed by atoms with Crippen molar-refractivity contribution in [2.75, 3.05) is 6.61 Å². The van der Waals surface area contributed by atoms with Crippen molar-refractivity contribution in [1.82, 2.24) is 0 Å². The number of esters is 1. The molecule has 3 nitrogen and oxygen atoms in total. The third-order valence-electron chi connectivity index (χ3n) is 4.64. The monoisotopic (exact) mass is 290 g/mol. The highest BCUT2D eigenvalue weighted by molar-refractivity contribution is 5.80. The van der Waals surface area contributed by atoms with Gasteiger partial charge in [0.15, 0.2) is 5.41 Å². The van der Waals surface area contributed by atoms with Crippen LogP contribution in [0.3, 0.4) is 0 Å². The number of rotatable bonds is 2. The van der Waals surface area contributed by atoms with E-state index in [2.05, 4.69) is 0 Å². The first kappa shape index (κ1) is 13.9. The number of hydrogen-bond donors (Lipinski definition) is 0. The van der Waals surface area contributed by atoms with Gasteiger partial charge in [-0.05, 0) is 31.6 Å². The lowest BCUT2D eigenvalue weighted by Gasteiger charge is -2.36. The van der Waals surface area contributed by atoms with Crippen LogP contribution in [0.2, 0.25) is 0 Å². The minimum absolute atomic E-state index is 0.165. The quantitative estimate of drug-likeness (QED) is 0.578. The Hall–Kier alpha value is -1.04. The maximum absolute atomic E-state index is 13.5. The number of carbonyl (C=O) groups excluding carboxylic acids is 1. The summed E-state index contributed by atoms with van der Waals surface area (Å²) in [5.41, 5.74) is -2.37. The molecular weight excluding hydrogens is 273 g/mol. The summed E-state index contributed by atoms with van der Waals surface area (Å²) >= 11 is 0. The van der Waals surface area contributed by atoms with Gasteiger partial charge in [-0.3, -0.25) is 4.79 Å². The van der Waals surface area contributed by atoms with E-state index in [1.165, 1.54) is 6.08 Å². The number of halogens is 3. The Morgan fingerprint density at radius 1 is 1.30 bits per heavy atom. The first-order chi connectivity index (χ1) is 9.43. The van der Waals surface area contributed by atoms with E-state index in [0.29, 0.717) is 19.4 Å². The molecule has 0 aromatic rings. The molecule has 1 heterocycles. The molecule has 0 amide bonds. The lowest BCUT2D eigenvalue weighted by atomic mass is 9.75. The third-order valence-corrected chi connectivity index (χ3v) is 4.64. The van der Waals surface area contributed by atoms with Crippen molar-refractivity contribution in [2.45, 2.75) is 44.6 Å². The number of carbonyl (C=O) groups is 1. The number of alkyl halides is 3. The average molecular weight is 290 g/mol. The normalized spacial score (nSPS) is 40.0. The number of fused-ring (bicyclic) bond motifs is 2. The van der Waals surface area contributed by atoms with Crippen molar-refractivity contribution in [3.8, 4) is 0 Å². The van der Waals surface area contributed by atoms with E-state index in [4.69, 9.17) is 9.47 Å². The molecule has 1 saturated carbocycles. The fraction of sp³-hybridized carbons (Fsp3) is 0.786. The summed E-state index contributed by atoms with van der Waals surface area (Å²) in [5.74, 6) is -2.11. The van der Waals surface area contributed by atoms with Gasteiger partial charge >= 0.3 is 12.1 Å².